The van der Waals surface area contributed by atoms with E-state index >= 15 is 0 Å². The summed E-state index contributed by atoms with van der Waals surface area (Å²) in [6.07, 6.45) is 0. The number of ketones is 1. The molecule has 0 spiro atoms. The van der Waals surface area contributed by atoms with Crippen molar-refractivity contribution in [3.8, 4) is 5.75 Å². The molecule has 0 radical (unpaired) electrons. The van der Waals surface area contributed by atoms with Crippen LogP contribution < -0.4 is 4.74 Å². The minimum Gasteiger partial charge on any atom is -0.494 e. The number of benzene rings is 2. The van der Waals surface area contributed by atoms with E-state index in [4.69, 9.17) is 9.47 Å². The first kappa shape index (κ1) is 16.7. The Hall–Kier alpha value is -2.17. The average Bonchev–Trinajstić information content (AvgIpc) is 2.64. The summed E-state index contributed by atoms with van der Waals surface area (Å²) in [6, 6.07) is 17.1. The van der Waals surface area contributed by atoms with Gasteiger partial charge in [-0.25, -0.2) is 0 Å². The molecule has 1 heterocycles. The van der Waals surface area contributed by atoms with Gasteiger partial charge in [-0.05, 0) is 36.8 Å². The van der Waals surface area contributed by atoms with Crippen LogP contribution in [-0.2, 0) is 4.74 Å². The Morgan fingerprint density at radius 1 is 1.08 bits per heavy atom. The molecule has 1 atom stereocenters. The van der Waals surface area contributed by atoms with Crippen LogP contribution >= 0.6 is 0 Å². The number of Topliss-reactive ketones (excluding diaryl/α,β-unsaturated/α-hetero) is 1. The number of hydrogen-bond donors (Lipinski definition) is 0. The maximum absolute atomic E-state index is 13.2. The van der Waals surface area contributed by atoms with Crippen molar-refractivity contribution in [2.45, 2.75) is 13.0 Å². The fraction of sp³-hybridized carbons (Fsp3) is 0.350. The second kappa shape index (κ2) is 8.08. The molecule has 126 valence electrons. The first-order chi connectivity index (χ1) is 11.8. The summed E-state index contributed by atoms with van der Waals surface area (Å²) >= 11 is 0. The summed E-state index contributed by atoms with van der Waals surface area (Å²) in [7, 11) is 0. The molecule has 1 fully saturated rings. The third-order valence-electron chi connectivity index (χ3n) is 4.22. The fourth-order valence-corrected chi connectivity index (χ4v) is 3.04. The molecule has 2 aromatic carbocycles. The van der Waals surface area contributed by atoms with E-state index in [0.717, 1.165) is 24.4 Å². The number of nitrogens with zero attached hydrogens (tertiary/aromatic N) is 1. The minimum absolute atomic E-state index is 0.117. The summed E-state index contributed by atoms with van der Waals surface area (Å²) in [6.45, 7) is 5.43. The molecule has 4 nitrogen and oxygen atoms in total. The van der Waals surface area contributed by atoms with Crippen molar-refractivity contribution in [1.82, 2.24) is 4.90 Å². The van der Waals surface area contributed by atoms with E-state index in [2.05, 4.69) is 4.90 Å². The molecule has 0 N–H and O–H groups in total. The van der Waals surface area contributed by atoms with Crippen molar-refractivity contribution in [3.05, 3.63) is 65.7 Å². The van der Waals surface area contributed by atoms with E-state index in [1.165, 1.54) is 0 Å². The summed E-state index contributed by atoms with van der Waals surface area (Å²) in [5.41, 5.74) is 1.73. The van der Waals surface area contributed by atoms with Gasteiger partial charge in [0.25, 0.3) is 0 Å². The van der Waals surface area contributed by atoms with Crippen molar-refractivity contribution >= 4 is 5.78 Å². The lowest BCUT2D eigenvalue weighted by Gasteiger charge is -2.33. The molecule has 24 heavy (non-hydrogen) atoms. The predicted octanol–water partition coefficient (Wildman–Crippen LogP) is 3.34. The first-order valence-corrected chi connectivity index (χ1v) is 8.43. The number of ether oxygens (including phenoxy) is 2. The maximum atomic E-state index is 13.2. The molecule has 0 amide bonds. The molecule has 0 bridgehead atoms. The van der Waals surface area contributed by atoms with Gasteiger partial charge in [-0.3, -0.25) is 9.69 Å². The van der Waals surface area contributed by atoms with Gasteiger partial charge in [-0.1, -0.05) is 30.3 Å². The van der Waals surface area contributed by atoms with Crippen LogP contribution in [0.25, 0.3) is 0 Å². The van der Waals surface area contributed by atoms with Crippen LogP contribution in [0, 0.1) is 0 Å². The lowest BCUT2D eigenvalue weighted by molar-refractivity contribution is 0.0172. The average molecular weight is 325 g/mol. The van der Waals surface area contributed by atoms with Crippen molar-refractivity contribution in [2.75, 3.05) is 32.9 Å². The summed E-state index contributed by atoms with van der Waals surface area (Å²) in [4.78, 5) is 15.4. The lowest BCUT2D eigenvalue weighted by Crippen LogP contribution is -2.42. The van der Waals surface area contributed by atoms with Crippen molar-refractivity contribution < 1.29 is 14.3 Å². The predicted molar refractivity (Wildman–Crippen MR) is 93.5 cm³/mol. The zero-order chi connectivity index (χ0) is 16.8. The van der Waals surface area contributed by atoms with Crippen molar-refractivity contribution in [3.63, 3.8) is 0 Å². The maximum Gasteiger partial charge on any atom is 0.184 e. The van der Waals surface area contributed by atoms with Crippen molar-refractivity contribution in [2.24, 2.45) is 0 Å². The van der Waals surface area contributed by atoms with Crippen LogP contribution in [0.3, 0.4) is 0 Å². The van der Waals surface area contributed by atoms with Crippen LogP contribution in [-0.4, -0.2) is 43.6 Å². The van der Waals surface area contributed by atoms with E-state index in [1.54, 1.807) is 0 Å². The van der Waals surface area contributed by atoms with Gasteiger partial charge < -0.3 is 9.47 Å². The molecule has 1 aliphatic heterocycles. The van der Waals surface area contributed by atoms with Crippen molar-refractivity contribution in [1.29, 1.82) is 0 Å². The largest absolute Gasteiger partial charge is 0.494 e. The highest BCUT2D eigenvalue weighted by molar-refractivity contribution is 6.00. The molecule has 0 aliphatic carbocycles. The second-order valence-corrected chi connectivity index (χ2v) is 5.78. The lowest BCUT2D eigenvalue weighted by atomic mass is 9.95. The number of carbonyl (C=O) groups excluding carboxylic acids is 1. The normalized spacial score (nSPS) is 16.5. The standard InChI is InChI=1S/C20H23NO3/c1-2-24-18-10-8-17(9-11-18)20(22)19(16-6-4-3-5-7-16)21-12-14-23-15-13-21/h3-11,19H,2,12-15H2,1H3/t19-/m1/s1. The van der Waals surface area contributed by atoms with Crippen LogP contribution in [0.2, 0.25) is 0 Å². The van der Waals surface area contributed by atoms with Gasteiger partial charge in [0.15, 0.2) is 5.78 Å². The summed E-state index contributed by atoms with van der Waals surface area (Å²) in [5, 5.41) is 0. The highest BCUT2D eigenvalue weighted by Crippen LogP contribution is 2.27. The molecule has 2 aromatic rings. The topological polar surface area (TPSA) is 38.8 Å². The third kappa shape index (κ3) is 3.83. The zero-order valence-electron chi connectivity index (χ0n) is 14.0. The monoisotopic (exact) mass is 325 g/mol. The van der Waals surface area contributed by atoms with Gasteiger partial charge in [-0.15, -0.1) is 0 Å². The Morgan fingerprint density at radius 2 is 1.75 bits per heavy atom. The van der Waals surface area contributed by atoms with E-state index in [-0.39, 0.29) is 11.8 Å². The molecule has 4 heteroatoms. The van der Waals surface area contributed by atoms with Gasteiger partial charge in [-0.2, -0.15) is 0 Å². The Balaban J connectivity index is 1.87. The molecule has 0 unspecified atom stereocenters. The van der Waals surface area contributed by atoms with Crippen LogP contribution in [0.5, 0.6) is 5.75 Å². The quantitative estimate of drug-likeness (QED) is 0.764. The summed E-state index contributed by atoms with van der Waals surface area (Å²) < 4.78 is 10.9. The number of hydrogen-bond acceptors (Lipinski definition) is 4. The van der Waals surface area contributed by atoms with Gasteiger partial charge in [0.2, 0.25) is 0 Å². The summed E-state index contributed by atoms with van der Waals surface area (Å²) in [5.74, 6) is 0.905. The molecule has 3 rings (SSSR count). The molecule has 1 saturated heterocycles. The molecular weight excluding hydrogens is 302 g/mol. The van der Waals surface area contributed by atoms with Gasteiger partial charge in [0.1, 0.15) is 5.75 Å². The third-order valence-corrected chi connectivity index (χ3v) is 4.22. The fourth-order valence-electron chi connectivity index (χ4n) is 3.04. The molecular formula is C20H23NO3. The van der Waals surface area contributed by atoms with Crippen LogP contribution in [0.15, 0.2) is 54.6 Å². The SMILES string of the molecule is CCOc1ccc(C(=O)[C@@H](c2ccccc2)N2CCOCC2)cc1. The zero-order valence-corrected chi connectivity index (χ0v) is 14.0. The Labute approximate surface area is 143 Å². The number of rotatable bonds is 6. The highest BCUT2D eigenvalue weighted by atomic mass is 16.5. The molecule has 0 saturated carbocycles. The smallest absolute Gasteiger partial charge is 0.184 e. The van der Waals surface area contributed by atoms with E-state index in [1.807, 2.05) is 61.5 Å². The van der Waals surface area contributed by atoms with Crippen LogP contribution in [0.4, 0.5) is 0 Å². The Kier molecular flexibility index (Phi) is 5.62. The van der Waals surface area contributed by atoms with E-state index in [9.17, 15) is 4.79 Å². The minimum atomic E-state index is -0.270. The van der Waals surface area contributed by atoms with E-state index in [0.29, 0.717) is 25.4 Å². The van der Waals surface area contributed by atoms with Crippen LogP contribution in [0.1, 0.15) is 28.9 Å². The number of morpholine rings is 1. The van der Waals surface area contributed by atoms with Gasteiger partial charge >= 0.3 is 0 Å². The molecule has 1 aliphatic rings. The Morgan fingerprint density at radius 3 is 2.38 bits per heavy atom. The van der Waals surface area contributed by atoms with E-state index < -0.39 is 0 Å². The molecule has 0 aromatic heterocycles. The highest BCUT2D eigenvalue weighted by Gasteiger charge is 2.29. The number of carbonyl (C=O) groups is 1. The second-order valence-electron chi connectivity index (χ2n) is 5.78. The Bertz CT molecular complexity index is 648. The van der Waals surface area contributed by atoms with Gasteiger partial charge in [0, 0.05) is 18.7 Å². The van der Waals surface area contributed by atoms with Gasteiger partial charge in [0.05, 0.1) is 25.9 Å². The first-order valence-electron chi connectivity index (χ1n) is 8.43.